The molecule has 2 amide bonds. The summed E-state index contributed by atoms with van der Waals surface area (Å²) in [7, 11) is 3.30. The van der Waals surface area contributed by atoms with E-state index in [-0.39, 0.29) is 24.0 Å². The Morgan fingerprint density at radius 1 is 1.39 bits per heavy atom. The maximum absolute atomic E-state index is 11.2. The summed E-state index contributed by atoms with van der Waals surface area (Å²) in [5, 5.41) is 2.81. The molecule has 104 valence electrons. The molecule has 0 aliphatic carbocycles. The highest BCUT2D eigenvalue weighted by Gasteiger charge is 2.32. The van der Waals surface area contributed by atoms with Gasteiger partial charge in [0, 0.05) is 34.5 Å². The van der Waals surface area contributed by atoms with E-state index in [4.69, 9.17) is 9.47 Å². The molecule has 1 aliphatic rings. The van der Waals surface area contributed by atoms with Gasteiger partial charge >= 0.3 is 0 Å². The summed E-state index contributed by atoms with van der Waals surface area (Å²) in [6, 6.07) is -0.119. The minimum Gasteiger partial charge on any atom is -0.354 e. The van der Waals surface area contributed by atoms with Gasteiger partial charge in [-0.05, 0) is 12.8 Å². The van der Waals surface area contributed by atoms with Crippen molar-refractivity contribution in [2.75, 3.05) is 20.7 Å². The van der Waals surface area contributed by atoms with Crippen molar-refractivity contribution in [1.82, 2.24) is 10.2 Å². The van der Waals surface area contributed by atoms with Crippen molar-refractivity contribution in [3.05, 3.63) is 0 Å². The normalized spacial score (nSPS) is 27.7. The van der Waals surface area contributed by atoms with E-state index in [0.717, 1.165) is 12.8 Å². The largest absolute Gasteiger partial charge is 0.354 e. The van der Waals surface area contributed by atoms with Crippen molar-refractivity contribution < 1.29 is 19.1 Å². The summed E-state index contributed by atoms with van der Waals surface area (Å²) in [5.41, 5.74) is 0. The first-order valence-corrected chi connectivity index (χ1v) is 6.11. The quantitative estimate of drug-likeness (QED) is 0.778. The molecule has 1 saturated heterocycles. The fourth-order valence-electron chi connectivity index (χ4n) is 2.04. The SMILES string of the molecule is COC1OC(CN(C)C(C)=O)CCC1NC(C)=O. The second kappa shape index (κ2) is 6.70. The molecule has 1 rings (SSSR count). The monoisotopic (exact) mass is 258 g/mol. The lowest BCUT2D eigenvalue weighted by Crippen LogP contribution is -2.51. The number of nitrogens with one attached hydrogen (secondary N) is 1. The van der Waals surface area contributed by atoms with Crippen molar-refractivity contribution in [3.8, 4) is 0 Å². The highest BCUT2D eigenvalue weighted by Crippen LogP contribution is 2.21. The maximum atomic E-state index is 11.2. The molecule has 3 unspecified atom stereocenters. The zero-order valence-electron chi connectivity index (χ0n) is 11.4. The van der Waals surface area contributed by atoms with Crippen LogP contribution in [0.15, 0.2) is 0 Å². The number of carbonyl (C=O) groups is 2. The zero-order chi connectivity index (χ0) is 13.7. The molecule has 0 spiro atoms. The van der Waals surface area contributed by atoms with Crippen molar-refractivity contribution in [1.29, 1.82) is 0 Å². The number of rotatable bonds is 4. The highest BCUT2D eigenvalue weighted by molar-refractivity contribution is 5.73. The minimum absolute atomic E-state index is 0.0107. The first kappa shape index (κ1) is 14.9. The Bertz CT molecular complexity index is 308. The van der Waals surface area contributed by atoms with Gasteiger partial charge in [0.25, 0.3) is 0 Å². The average Bonchev–Trinajstić information content (AvgIpc) is 2.30. The molecule has 0 bridgehead atoms. The Morgan fingerprint density at radius 3 is 2.56 bits per heavy atom. The van der Waals surface area contributed by atoms with E-state index in [1.165, 1.54) is 13.8 Å². The molecule has 18 heavy (non-hydrogen) atoms. The van der Waals surface area contributed by atoms with Gasteiger partial charge in [-0.25, -0.2) is 0 Å². The summed E-state index contributed by atoms with van der Waals surface area (Å²) >= 11 is 0. The van der Waals surface area contributed by atoms with Crippen LogP contribution in [0.4, 0.5) is 0 Å². The number of nitrogens with zero attached hydrogens (tertiary/aromatic N) is 1. The van der Waals surface area contributed by atoms with Crippen LogP contribution in [0.3, 0.4) is 0 Å². The van der Waals surface area contributed by atoms with Crippen molar-refractivity contribution in [2.24, 2.45) is 0 Å². The number of hydrogen-bond acceptors (Lipinski definition) is 4. The number of hydrogen-bond donors (Lipinski definition) is 1. The Morgan fingerprint density at radius 2 is 2.06 bits per heavy atom. The van der Waals surface area contributed by atoms with Gasteiger partial charge in [-0.2, -0.15) is 0 Å². The number of methoxy groups -OCH3 is 1. The third kappa shape index (κ3) is 4.27. The second-order valence-corrected chi connectivity index (χ2v) is 4.65. The van der Waals surface area contributed by atoms with Gasteiger partial charge in [-0.3, -0.25) is 9.59 Å². The van der Waals surface area contributed by atoms with E-state index in [9.17, 15) is 9.59 Å². The van der Waals surface area contributed by atoms with Crippen LogP contribution >= 0.6 is 0 Å². The zero-order valence-corrected chi connectivity index (χ0v) is 11.4. The van der Waals surface area contributed by atoms with Crippen LogP contribution in [-0.2, 0) is 19.1 Å². The summed E-state index contributed by atoms with van der Waals surface area (Å²) in [6.45, 7) is 3.54. The third-order valence-electron chi connectivity index (χ3n) is 3.09. The van der Waals surface area contributed by atoms with Crippen LogP contribution in [-0.4, -0.2) is 55.9 Å². The molecule has 1 fully saturated rings. The van der Waals surface area contributed by atoms with Gasteiger partial charge in [-0.1, -0.05) is 0 Å². The van der Waals surface area contributed by atoms with E-state index in [2.05, 4.69) is 5.32 Å². The molecule has 1 N–H and O–H groups in total. The Labute approximate surface area is 108 Å². The first-order valence-electron chi connectivity index (χ1n) is 6.11. The van der Waals surface area contributed by atoms with Crippen LogP contribution in [0.2, 0.25) is 0 Å². The van der Waals surface area contributed by atoms with Crippen LogP contribution in [0.5, 0.6) is 0 Å². The smallest absolute Gasteiger partial charge is 0.219 e. The molecule has 3 atom stereocenters. The summed E-state index contributed by atoms with van der Waals surface area (Å²) in [6.07, 6.45) is 1.08. The Kier molecular flexibility index (Phi) is 5.55. The maximum Gasteiger partial charge on any atom is 0.219 e. The average molecular weight is 258 g/mol. The number of likely N-dealkylation sites (N-methyl/N-ethyl adjacent to an activating group) is 1. The van der Waals surface area contributed by atoms with Gasteiger partial charge in [0.2, 0.25) is 11.8 Å². The van der Waals surface area contributed by atoms with Gasteiger partial charge in [0.1, 0.15) is 0 Å². The predicted molar refractivity (Wildman–Crippen MR) is 65.8 cm³/mol. The molecule has 0 aromatic heterocycles. The lowest BCUT2D eigenvalue weighted by atomic mass is 10.0. The summed E-state index contributed by atoms with van der Waals surface area (Å²) < 4.78 is 11.0. The second-order valence-electron chi connectivity index (χ2n) is 4.65. The van der Waals surface area contributed by atoms with Gasteiger partial charge < -0.3 is 19.7 Å². The van der Waals surface area contributed by atoms with Crippen LogP contribution in [0, 0.1) is 0 Å². The Balaban J connectivity index is 2.50. The molecule has 0 radical (unpaired) electrons. The number of ether oxygens (including phenoxy) is 2. The molecular weight excluding hydrogens is 236 g/mol. The van der Waals surface area contributed by atoms with Crippen LogP contribution < -0.4 is 5.32 Å². The molecule has 0 aromatic carbocycles. The van der Waals surface area contributed by atoms with Crippen molar-refractivity contribution in [2.45, 2.75) is 45.1 Å². The molecular formula is C12H22N2O4. The lowest BCUT2D eigenvalue weighted by Gasteiger charge is -2.37. The molecule has 1 heterocycles. The van der Waals surface area contributed by atoms with E-state index < -0.39 is 6.29 Å². The van der Waals surface area contributed by atoms with Crippen molar-refractivity contribution >= 4 is 11.8 Å². The van der Waals surface area contributed by atoms with E-state index in [1.807, 2.05) is 0 Å². The molecule has 0 saturated carbocycles. The topological polar surface area (TPSA) is 67.9 Å². The Hall–Kier alpha value is -1.14. The number of amides is 2. The van der Waals surface area contributed by atoms with Gasteiger partial charge in [-0.15, -0.1) is 0 Å². The predicted octanol–water partition coefficient (Wildman–Crippen LogP) is 0.121. The highest BCUT2D eigenvalue weighted by atomic mass is 16.7. The fraction of sp³-hybridized carbons (Fsp3) is 0.833. The standard InChI is InChI=1S/C12H22N2O4/c1-8(15)13-11-6-5-10(18-12(11)17-4)7-14(3)9(2)16/h10-12H,5-7H2,1-4H3,(H,13,15). The first-order chi connectivity index (χ1) is 8.43. The van der Waals surface area contributed by atoms with Gasteiger partial charge in [0.05, 0.1) is 12.1 Å². The van der Waals surface area contributed by atoms with E-state index in [0.29, 0.717) is 6.54 Å². The van der Waals surface area contributed by atoms with E-state index in [1.54, 1.807) is 19.1 Å². The van der Waals surface area contributed by atoms with Crippen LogP contribution in [0.25, 0.3) is 0 Å². The third-order valence-corrected chi connectivity index (χ3v) is 3.09. The van der Waals surface area contributed by atoms with Gasteiger partial charge in [0.15, 0.2) is 6.29 Å². The lowest BCUT2D eigenvalue weighted by molar-refractivity contribution is -0.198. The van der Waals surface area contributed by atoms with Crippen LogP contribution in [0.1, 0.15) is 26.7 Å². The minimum atomic E-state index is -0.451. The molecule has 1 aliphatic heterocycles. The molecule has 6 heteroatoms. The number of carbonyl (C=O) groups excluding carboxylic acids is 2. The molecule has 0 aromatic rings. The summed E-state index contributed by atoms with van der Waals surface area (Å²) in [5.74, 6) is -0.0819. The fourth-order valence-corrected chi connectivity index (χ4v) is 2.04. The van der Waals surface area contributed by atoms with Crippen molar-refractivity contribution in [3.63, 3.8) is 0 Å². The van der Waals surface area contributed by atoms with E-state index >= 15 is 0 Å². The summed E-state index contributed by atoms with van der Waals surface area (Å²) in [4.78, 5) is 23.8. The molecule has 6 nitrogen and oxygen atoms in total.